The zero-order valence-electron chi connectivity index (χ0n) is 15.7. The van der Waals surface area contributed by atoms with E-state index in [1.807, 2.05) is 11.0 Å². The van der Waals surface area contributed by atoms with Crippen molar-refractivity contribution in [3.05, 3.63) is 59.8 Å². The number of aromatic amines is 1. The highest BCUT2D eigenvalue weighted by atomic mass is 19.4. The topological polar surface area (TPSA) is 66.8 Å². The SMILES string of the molecule is O=C(NCCC(=O)N1CCN(c2ccc(C(F)(F)F)c[nH+]2)CC1)c1ccccc1. The number of hydrogen-bond donors (Lipinski definition) is 1. The third kappa shape index (κ3) is 5.46. The Morgan fingerprint density at radius 3 is 2.28 bits per heavy atom. The lowest BCUT2D eigenvalue weighted by molar-refractivity contribution is -0.367. The Hall–Kier alpha value is -3.10. The minimum absolute atomic E-state index is 0.0607. The standard InChI is InChI=1S/C20H21F3N4O2/c21-20(22,23)16-6-7-17(25-14-16)26-10-12-27(13-11-26)18(28)8-9-24-19(29)15-4-2-1-3-5-15/h1-7,14H,8-13H2,(H,24,29)/p+1. The van der Waals surface area contributed by atoms with Crippen molar-refractivity contribution in [3.8, 4) is 0 Å². The minimum atomic E-state index is -4.38. The maximum atomic E-state index is 12.6. The molecule has 2 aromatic rings. The van der Waals surface area contributed by atoms with Gasteiger partial charge in [-0.3, -0.25) is 14.5 Å². The van der Waals surface area contributed by atoms with Crippen LogP contribution in [0.4, 0.5) is 19.0 Å². The Morgan fingerprint density at radius 1 is 1.00 bits per heavy atom. The molecule has 1 aliphatic rings. The molecule has 9 heteroatoms. The van der Waals surface area contributed by atoms with Gasteiger partial charge in [-0.2, -0.15) is 13.2 Å². The molecule has 0 spiro atoms. The Bertz CT molecular complexity index is 833. The maximum absolute atomic E-state index is 12.6. The second-order valence-electron chi connectivity index (χ2n) is 6.70. The van der Waals surface area contributed by atoms with Crippen LogP contribution in [0.3, 0.4) is 0 Å². The molecule has 2 N–H and O–H groups in total. The van der Waals surface area contributed by atoms with Crippen LogP contribution in [0.5, 0.6) is 0 Å². The van der Waals surface area contributed by atoms with Crippen molar-refractivity contribution in [2.75, 3.05) is 37.6 Å². The van der Waals surface area contributed by atoms with Crippen molar-refractivity contribution in [2.24, 2.45) is 0 Å². The summed E-state index contributed by atoms with van der Waals surface area (Å²) in [5.74, 6) is 0.302. The highest BCUT2D eigenvalue weighted by Gasteiger charge is 2.33. The number of alkyl halides is 3. The number of aromatic nitrogens is 1. The molecule has 6 nitrogen and oxygen atoms in total. The molecule has 1 aromatic carbocycles. The van der Waals surface area contributed by atoms with Crippen LogP contribution in [-0.2, 0) is 11.0 Å². The van der Waals surface area contributed by atoms with Gasteiger partial charge in [-0.1, -0.05) is 18.2 Å². The number of anilines is 1. The molecule has 0 bridgehead atoms. The van der Waals surface area contributed by atoms with E-state index in [2.05, 4.69) is 10.3 Å². The third-order valence-electron chi connectivity index (χ3n) is 4.76. The highest BCUT2D eigenvalue weighted by Crippen LogP contribution is 2.28. The number of carbonyl (C=O) groups is 2. The molecule has 0 saturated carbocycles. The first kappa shape index (κ1) is 20.6. The van der Waals surface area contributed by atoms with Crippen molar-refractivity contribution in [3.63, 3.8) is 0 Å². The van der Waals surface area contributed by atoms with Crippen molar-refractivity contribution in [1.29, 1.82) is 0 Å². The van der Waals surface area contributed by atoms with Gasteiger partial charge in [0, 0.05) is 24.6 Å². The van der Waals surface area contributed by atoms with Gasteiger partial charge < -0.3 is 10.2 Å². The lowest BCUT2D eigenvalue weighted by Crippen LogP contribution is -2.50. The van der Waals surface area contributed by atoms with E-state index < -0.39 is 11.7 Å². The Morgan fingerprint density at radius 2 is 1.69 bits per heavy atom. The quantitative estimate of drug-likeness (QED) is 0.825. The first-order valence-corrected chi connectivity index (χ1v) is 9.29. The summed E-state index contributed by atoms with van der Waals surface area (Å²) >= 11 is 0. The molecule has 0 aliphatic carbocycles. The average molecular weight is 407 g/mol. The van der Waals surface area contributed by atoms with Gasteiger partial charge in [-0.05, 0) is 18.2 Å². The van der Waals surface area contributed by atoms with Gasteiger partial charge >= 0.3 is 6.18 Å². The molecular formula is C20H22F3N4O2+. The molecule has 0 unspecified atom stereocenters. The molecule has 2 heterocycles. The largest absolute Gasteiger partial charge is 0.419 e. The van der Waals surface area contributed by atoms with E-state index in [0.29, 0.717) is 37.6 Å². The first-order chi connectivity index (χ1) is 13.8. The monoisotopic (exact) mass is 407 g/mol. The van der Waals surface area contributed by atoms with Crippen molar-refractivity contribution < 1.29 is 27.7 Å². The number of benzene rings is 1. The number of hydrogen-bond acceptors (Lipinski definition) is 3. The number of piperazine rings is 1. The highest BCUT2D eigenvalue weighted by molar-refractivity contribution is 5.94. The number of carbonyl (C=O) groups excluding carboxylic acids is 2. The van der Waals surface area contributed by atoms with Crippen LogP contribution in [0, 0.1) is 0 Å². The fraction of sp³-hybridized carbons (Fsp3) is 0.350. The summed E-state index contributed by atoms with van der Waals surface area (Å²) in [4.78, 5) is 30.6. The number of nitrogens with one attached hydrogen (secondary N) is 2. The third-order valence-corrected chi connectivity index (χ3v) is 4.76. The summed E-state index contributed by atoms with van der Waals surface area (Å²) in [7, 11) is 0. The lowest BCUT2D eigenvalue weighted by atomic mass is 10.2. The van der Waals surface area contributed by atoms with E-state index in [-0.39, 0.29) is 24.8 Å². The molecule has 1 fully saturated rings. The van der Waals surface area contributed by atoms with Crippen LogP contribution < -0.4 is 15.2 Å². The van der Waals surface area contributed by atoms with Crippen molar-refractivity contribution in [2.45, 2.75) is 12.6 Å². The first-order valence-electron chi connectivity index (χ1n) is 9.29. The number of halogens is 3. The van der Waals surface area contributed by atoms with Crippen LogP contribution in [0.15, 0.2) is 48.7 Å². The van der Waals surface area contributed by atoms with E-state index in [0.717, 1.165) is 12.3 Å². The minimum Gasteiger partial charge on any atom is -0.352 e. The summed E-state index contributed by atoms with van der Waals surface area (Å²) in [6.45, 7) is 2.23. The van der Waals surface area contributed by atoms with Crippen LogP contribution in [0.2, 0.25) is 0 Å². The van der Waals surface area contributed by atoms with E-state index in [9.17, 15) is 22.8 Å². The molecule has 154 valence electrons. The second kappa shape index (κ2) is 8.93. The summed E-state index contributed by atoms with van der Waals surface area (Å²) in [5.41, 5.74) is -0.186. The summed E-state index contributed by atoms with van der Waals surface area (Å²) in [5, 5.41) is 2.73. The van der Waals surface area contributed by atoms with Crippen LogP contribution in [0.25, 0.3) is 0 Å². The number of pyridine rings is 1. The van der Waals surface area contributed by atoms with Gasteiger partial charge in [0.25, 0.3) is 11.7 Å². The van der Waals surface area contributed by atoms with E-state index >= 15 is 0 Å². The van der Waals surface area contributed by atoms with Crippen molar-refractivity contribution >= 4 is 17.6 Å². The Kier molecular flexibility index (Phi) is 6.36. The normalized spacial score (nSPS) is 14.6. The molecule has 29 heavy (non-hydrogen) atoms. The fourth-order valence-electron chi connectivity index (χ4n) is 3.12. The second-order valence-corrected chi connectivity index (χ2v) is 6.70. The molecule has 1 aliphatic heterocycles. The van der Waals surface area contributed by atoms with Crippen LogP contribution in [0.1, 0.15) is 22.3 Å². The van der Waals surface area contributed by atoms with Gasteiger partial charge in [0.05, 0.1) is 18.7 Å². The molecule has 1 saturated heterocycles. The molecule has 2 amide bonds. The number of H-pyrrole nitrogens is 1. The zero-order valence-corrected chi connectivity index (χ0v) is 15.7. The number of nitrogens with zero attached hydrogens (tertiary/aromatic N) is 2. The predicted octanol–water partition coefficient (Wildman–Crippen LogP) is 1.99. The predicted molar refractivity (Wildman–Crippen MR) is 100 cm³/mol. The molecule has 3 rings (SSSR count). The smallest absolute Gasteiger partial charge is 0.352 e. The average Bonchev–Trinajstić information content (AvgIpc) is 2.74. The summed E-state index contributed by atoms with van der Waals surface area (Å²) in [6, 6.07) is 11.2. The maximum Gasteiger partial charge on any atom is 0.419 e. The van der Waals surface area contributed by atoms with Crippen molar-refractivity contribution in [1.82, 2.24) is 10.2 Å². The van der Waals surface area contributed by atoms with E-state index in [4.69, 9.17) is 0 Å². The number of amides is 2. The Labute approximate surface area is 166 Å². The van der Waals surface area contributed by atoms with Crippen LogP contribution >= 0.6 is 0 Å². The zero-order chi connectivity index (χ0) is 20.9. The molecular weight excluding hydrogens is 385 g/mol. The van der Waals surface area contributed by atoms with Gasteiger partial charge in [-0.25, -0.2) is 4.98 Å². The van der Waals surface area contributed by atoms with Crippen LogP contribution in [-0.4, -0.2) is 49.4 Å². The molecule has 1 aromatic heterocycles. The molecule has 0 radical (unpaired) electrons. The van der Waals surface area contributed by atoms with E-state index in [1.165, 1.54) is 6.07 Å². The Balaban J connectivity index is 1.43. The van der Waals surface area contributed by atoms with Gasteiger partial charge in [0.15, 0.2) is 0 Å². The van der Waals surface area contributed by atoms with Gasteiger partial charge in [0.2, 0.25) is 5.91 Å². The lowest BCUT2D eigenvalue weighted by Gasteiger charge is -2.31. The number of rotatable bonds is 5. The molecule has 0 atom stereocenters. The van der Waals surface area contributed by atoms with Gasteiger partial charge in [0.1, 0.15) is 19.3 Å². The van der Waals surface area contributed by atoms with E-state index in [1.54, 1.807) is 29.2 Å². The summed E-state index contributed by atoms with van der Waals surface area (Å²) in [6.07, 6.45) is -3.23. The summed E-state index contributed by atoms with van der Waals surface area (Å²) < 4.78 is 37.9. The fourth-order valence-corrected chi connectivity index (χ4v) is 3.12. The van der Waals surface area contributed by atoms with Gasteiger partial charge in [-0.15, -0.1) is 0 Å².